The molecule has 0 aliphatic carbocycles. The maximum Gasteiger partial charge on any atom is 0.174 e. The third-order valence-electron chi connectivity index (χ3n) is 4.65. The number of rotatable bonds is 4. The van der Waals surface area contributed by atoms with Crippen molar-refractivity contribution in [2.45, 2.75) is 19.9 Å². The molecule has 10 heteroatoms. The highest BCUT2D eigenvalue weighted by atomic mass is 35.5. The summed E-state index contributed by atoms with van der Waals surface area (Å²) in [6.45, 7) is 3.64. The van der Waals surface area contributed by atoms with Crippen LogP contribution < -0.4 is 11.1 Å². The smallest absolute Gasteiger partial charge is 0.174 e. The molecule has 0 saturated carbocycles. The Morgan fingerprint density at radius 3 is 2.87 bits per heavy atom. The zero-order chi connectivity index (χ0) is 21.4. The minimum atomic E-state index is -0.384. The van der Waals surface area contributed by atoms with Crippen molar-refractivity contribution < 1.29 is 4.39 Å². The van der Waals surface area contributed by atoms with E-state index in [4.69, 9.17) is 17.3 Å². The second-order valence-corrected chi connectivity index (χ2v) is 7.06. The molecule has 30 heavy (non-hydrogen) atoms. The Kier molecular flexibility index (Phi) is 4.93. The number of nitrogens with one attached hydrogen (secondary N) is 1. The number of nitrogens with two attached hydrogens (primary N) is 1. The Morgan fingerprint density at radius 1 is 1.33 bits per heavy atom. The number of fused-ring (bicyclic) bond motifs is 1. The first-order chi connectivity index (χ1) is 14.4. The highest BCUT2D eigenvalue weighted by Gasteiger charge is 2.20. The van der Waals surface area contributed by atoms with Crippen LogP contribution in [-0.2, 0) is 0 Å². The Morgan fingerprint density at radius 2 is 2.13 bits per heavy atom. The fourth-order valence-electron chi connectivity index (χ4n) is 3.15. The summed E-state index contributed by atoms with van der Waals surface area (Å²) in [5.74, 6) is -0.0139. The van der Waals surface area contributed by atoms with Crippen LogP contribution in [0.15, 0.2) is 36.8 Å². The van der Waals surface area contributed by atoms with Gasteiger partial charge in [-0.1, -0.05) is 23.7 Å². The number of nitrogen functional groups attached to an aromatic ring is 1. The number of hydrogen-bond acceptors (Lipinski definition) is 7. The van der Waals surface area contributed by atoms with E-state index in [0.717, 1.165) is 0 Å². The van der Waals surface area contributed by atoms with Crippen molar-refractivity contribution in [3.63, 3.8) is 0 Å². The zero-order valence-corrected chi connectivity index (χ0v) is 16.8. The van der Waals surface area contributed by atoms with Gasteiger partial charge in [0.2, 0.25) is 0 Å². The maximum atomic E-state index is 13.9. The number of halogens is 2. The van der Waals surface area contributed by atoms with Crippen molar-refractivity contribution in [2.24, 2.45) is 0 Å². The van der Waals surface area contributed by atoms with E-state index >= 15 is 0 Å². The molecule has 150 valence electrons. The van der Waals surface area contributed by atoms with Crippen molar-refractivity contribution in [1.29, 1.82) is 5.26 Å². The molecule has 4 rings (SSSR count). The van der Waals surface area contributed by atoms with Gasteiger partial charge in [-0.15, -0.1) is 0 Å². The van der Waals surface area contributed by atoms with Gasteiger partial charge < -0.3 is 11.1 Å². The lowest BCUT2D eigenvalue weighted by molar-refractivity contribution is 0.628. The largest absolute Gasteiger partial charge is 0.382 e. The number of aryl methyl sites for hydroxylation is 1. The van der Waals surface area contributed by atoms with Crippen LogP contribution in [0.4, 0.5) is 16.0 Å². The van der Waals surface area contributed by atoms with Gasteiger partial charge in [0, 0.05) is 17.3 Å². The molecule has 3 N–H and O–H groups in total. The van der Waals surface area contributed by atoms with E-state index < -0.39 is 0 Å². The second-order valence-electron chi connectivity index (χ2n) is 6.68. The monoisotopic (exact) mass is 422 g/mol. The number of benzene rings is 1. The third kappa shape index (κ3) is 3.38. The fourth-order valence-corrected chi connectivity index (χ4v) is 3.32. The van der Waals surface area contributed by atoms with Crippen LogP contribution in [-0.4, -0.2) is 24.6 Å². The molecule has 0 aliphatic heterocycles. The average Bonchev–Trinajstić information content (AvgIpc) is 3.00. The van der Waals surface area contributed by atoms with Crippen LogP contribution in [0, 0.1) is 24.1 Å². The van der Waals surface area contributed by atoms with Crippen LogP contribution in [0.2, 0.25) is 5.02 Å². The number of nitriles is 1. The summed E-state index contributed by atoms with van der Waals surface area (Å²) in [5, 5.41) is 17.4. The number of aromatic nitrogens is 5. The van der Waals surface area contributed by atoms with E-state index in [1.165, 1.54) is 18.5 Å². The first-order valence-corrected chi connectivity index (χ1v) is 9.35. The molecule has 0 bridgehead atoms. The number of hydrogen-bond donors (Lipinski definition) is 2. The summed E-state index contributed by atoms with van der Waals surface area (Å²) in [7, 11) is 0. The minimum absolute atomic E-state index is 0.0793. The molecule has 0 fully saturated rings. The molecule has 0 saturated heterocycles. The van der Waals surface area contributed by atoms with Crippen LogP contribution in [0.1, 0.15) is 29.8 Å². The van der Waals surface area contributed by atoms with Crippen molar-refractivity contribution >= 4 is 28.9 Å². The first-order valence-electron chi connectivity index (χ1n) is 8.97. The first kappa shape index (κ1) is 19.5. The van der Waals surface area contributed by atoms with Gasteiger partial charge in [0.25, 0.3) is 0 Å². The standard InChI is InChI=1S/C20H16ClFN8/c1-10(27-19-14(7-23)18(24)25-9-26-19)15-8-30-20(16(21)11(2)29-30)28-17(15)12-4-3-5-13(22)6-12/h3-6,8-10H,1-2H3,(H3,24,25,26,27)/t10-/m0/s1. The molecular formula is C20H16ClFN8. The topological polar surface area (TPSA) is 118 Å². The van der Waals surface area contributed by atoms with E-state index in [0.29, 0.717) is 33.2 Å². The van der Waals surface area contributed by atoms with Crippen molar-refractivity contribution in [2.75, 3.05) is 11.1 Å². The quantitative estimate of drug-likeness (QED) is 0.511. The van der Waals surface area contributed by atoms with Gasteiger partial charge in [0.05, 0.1) is 17.4 Å². The molecule has 0 spiro atoms. The van der Waals surface area contributed by atoms with Gasteiger partial charge in [-0.25, -0.2) is 23.9 Å². The molecule has 4 aromatic rings. The summed E-state index contributed by atoms with van der Waals surface area (Å²) in [6.07, 6.45) is 3.05. The molecule has 0 amide bonds. The highest BCUT2D eigenvalue weighted by molar-refractivity contribution is 6.34. The summed E-state index contributed by atoms with van der Waals surface area (Å²) in [5.41, 5.74) is 8.83. The minimum Gasteiger partial charge on any atom is -0.382 e. The van der Waals surface area contributed by atoms with Crippen LogP contribution >= 0.6 is 11.6 Å². The van der Waals surface area contributed by atoms with E-state index in [-0.39, 0.29) is 29.1 Å². The molecule has 3 heterocycles. The van der Waals surface area contributed by atoms with Crippen LogP contribution in [0.25, 0.3) is 16.9 Å². The predicted molar refractivity (Wildman–Crippen MR) is 111 cm³/mol. The summed E-state index contributed by atoms with van der Waals surface area (Å²) < 4.78 is 15.5. The van der Waals surface area contributed by atoms with E-state index in [1.54, 1.807) is 29.8 Å². The van der Waals surface area contributed by atoms with Gasteiger partial charge in [-0.3, -0.25) is 0 Å². The van der Waals surface area contributed by atoms with E-state index in [9.17, 15) is 9.65 Å². The number of anilines is 2. The highest BCUT2D eigenvalue weighted by Crippen LogP contribution is 2.32. The van der Waals surface area contributed by atoms with Gasteiger partial charge in [0.1, 0.15) is 40.4 Å². The third-order valence-corrected chi connectivity index (χ3v) is 5.09. The summed E-state index contributed by atoms with van der Waals surface area (Å²) >= 11 is 6.35. The van der Waals surface area contributed by atoms with Gasteiger partial charge >= 0.3 is 0 Å². The van der Waals surface area contributed by atoms with Crippen LogP contribution in [0.5, 0.6) is 0 Å². The molecule has 0 aliphatic rings. The molecule has 8 nitrogen and oxygen atoms in total. The normalized spacial score (nSPS) is 12.0. The van der Waals surface area contributed by atoms with Crippen molar-refractivity contribution in [3.05, 3.63) is 64.5 Å². The lowest BCUT2D eigenvalue weighted by atomic mass is 10.0. The molecule has 1 atom stereocenters. The lowest BCUT2D eigenvalue weighted by Gasteiger charge is -2.19. The SMILES string of the molecule is Cc1nn2cc([C@H](C)Nc3ncnc(N)c3C#N)c(-c3cccc(F)c3)nc2c1Cl. The molecule has 0 radical (unpaired) electrons. The summed E-state index contributed by atoms with van der Waals surface area (Å²) in [4.78, 5) is 12.6. The molecule has 3 aromatic heterocycles. The van der Waals surface area contributed by atoms with Gasteiger partial charge in [0.15, 0.2) is 5.65 Å². The molecule has 0 unspecified atom stereocenters. The Labute approximate surface area is 176 Å². The van der Waals surface area contributed by atoms with Crippen LogP contribution in [0.3, 0.4) is 0 Å². The Balaban J connectivity index is 1.88. The number of nitrogens with zero attached hydrogens (tertiary/aromatic N) is 6. The molecular weight excluding hydrogens is 407 g/mol. The summed E-state index contributed by atoms with van der Waals surface area (Å²) in [6, 6.07) is 7.75. The fraction of sp³-hybridized carbons (Fsp3) is 0.150. The van der Waals surface area contributed by atoms with E-state index in [2.05, 4.69) is 25.4 Å². The van der Waals surface area contributed by atoms with Crippen molar-refractivity contribution in [1.82, 2.24) is 24.6 Å². The molecule has 1 aromatic carbocycles. The Hall–Kier alpha value is -3.77. The lowest BCUT2D eigenvalue weighted by Crippen LogP contribution is -2.14. The van der Waals surface area contributed by atoms with Crippen molar-refractivity contribution in [3.8, 4) is 17.3 Å². The second kappa shape index (κ2) is 7.57. The predicted octanol–water partition coefficient (Wildman–Crippen LogP) is 3.91. The maximum absolute atomic E-state index is 13.9. The Bertz CT molecular complexity index is 1310. The zero-order valence-electron chi connectivity index (χ0n) is 16.1. The average molecular weight is 423 g/mol. The van der Waals surface area contributed by atoms with Gasteiger partial charge in [-0.2, -0.15) is 10.4 Å². The van der Waals surface area contributed by atoms with Gasteiger partial charge in [-0.05, 0) is 26.0 Å². The van der Waals surface area contributed by atoms with E-state index in [1.807, 2.05) is 13.0 Å².